The topological polar surface area (TPSA) is 44.7 Å². The van der Waals surface area contributed by atoms with Crippen LogP contribution in [0.15, 0.2) is 69.7 Å². The average molecular weight is 481 g/mol. The molecule has 0 aromatic heterocycles. The molecule has 1 atom stereocenters. The fraction of sp³-hybridized carbons (Fsp3) is 0.238. The lowest BCUT2D eigenvalue weighted by molar-refractivity contribution is -0.117. The number of nitrogens with zero attached hydrogens (tertiary/aromatic N) is 2. The van der Waals surface area contributed by atoms with Crippen LogP contribution in [-0.2, 0) is 4.79 Å². The molecule has 7 heteroatoms. The molecule has 0 bridgehead atoms. The first kappa shape index (κ1) is 20.9. The second-order valence-electron chi connectivity index (χ2n) is 7.09. The molecule has 28 heavy (non-hydrogen) atoms. The Labute approximate surface area is 183 Å². The first-order valence-corrected chi connectivity index (χ1v) is 10.3. The quantitative estimate of drug-likeness (QED) is 0.558. The van der Waals surface area contributed by atoms with Crippen molar-refractivity contribution < 1.29 is 4.79 Å². The number of carbonyl (C=O) groups excluding carboxylic acids is 1. The van der Waals surface area contributed by atoms with Crippen LogP contribution in [0, 0.1) is 5.41 Å². The van der Waals surface area contributed by atoms with Gasteiger partial charge in [-0.2, -0.15) is 5.10 Å². The number of anilines is 1. The Morgan fingerprint density at radius 2 is 1.89 bits per heavy atom. The Morgan fingerprint density at radius 1 is 1.25 bits per heavy atom. The van der Waals surface area contributed by atoms with Gasteiger partial charge in [-0.1, -0.05) is 64.8 Å². The number of halogens is 3. The maximum atomic E-state index is 12.5. The number of benzene rings is 2. The van der Waals surface area contributed by atoms with Crippen LogP contribution in [0.2, 0.25) is 5.02 Å². The monoisotopic (exact) mass is 479 g/mol. The standard InChI is InChI=1S/C21H20BrCl2N3O/c1-14(23)11-21(2)13-27(26-20(21)15-3-7-17(24)8-4-15)12-19(28)25-18-9-5-16(22)6-10-18/h3-10H,1,11-13H2,2H3,(H,25,28). The number of rotatable bonds is 6. The molecule has 4 nitrogen and oxygen atoms in total. The normalized spacial score (nSPS) is 18.7. The van der Waals surface area contributed by atoms with E-state index in [0.29, 0.717) is 23.0 Å². The highest BCUT2D eigenvalue weighted by atomic mass is 79.9. The summed E-state index contributed by atoms with van der Waals surface area (Å²) in [6.07, 6.45) is 0.570. The molecule has 3 rings (SSSR count). The van der Waals surface area contributed by atoms with Gasteiger partial charge in [-0.25, -0.2) is 0 Å². The molecule has 2 aromatic rings. The Balaban J connectivity index is 1.77. The van der Waals surface area contributed by atoms with E-state index in [1.807, 2.05) is 48.5 Å². The zero-order valence-corrected chi connectivity index (χ0v) is 18.5. The van der Waals surface area contributed by atoms with E-state index in [1.165, 1.54) is 0 Å². The van der Waals surface area contributed by atoms with Gasteiger partial charge >= 0.3 is 0 Å². The summed E-state index contributed by atoms with van der Waals surface area (Å²) in [5, 5.41) is 10.6. The van der Waals surface area contributed by atoms with Gasteiger partial charge in [-0.15, -0.1) is 0 Å². The van der Waals surface area contributed by atoms with Crippen molar-refractivity contribution in [1.82, 2.24) is 5.01 Å². The maximum Gasteiger partial charge on any atom is 0.245 e. The molecule has 0 fully saturated rings. The largest absolute Gasteiger partial charge is 0.324 e. The first-order chi connectivity index (χ1) is 13.2. The van der Waals surface area contributed by atoms with Crippen LogP contribution in [-0.4, -0.2) is 29.7 Å². The van der Waals surface area contributed by atoms with Crippen molar-refractivity contribution in [3.05, 3.63) is 75.2 Å². The number of hydrogen-bond donors (Lipinski definition) is 1. The molecule has 1 unspecified atom stereocenters. The fourth-order valence-corrected chi connectivity index (χ4v) is 4.03. The van der Waals surface area contributed by atoms with Gasteiger partial charge in [0.05, 0.1) is 5.71 Å². The van der Waals surface area contributed by atoms with E-state index in [0.717, 1.165) is 21.4 Å². The van der Waals surface area contributed by atoms with Crippen LogP contribution in [0.3, 0.4) is 0 Å². The minimum absolute atomic E-state index is 0.129. The third-order valence-electron chi connectivity index (χ3n) is 4.50. The molecule has 1 heterocycles. The Morgan fingerprint density at radius 3 is 2.50 bits per heavy atom. The predicted octanol–water partition coefficient (Wildman–Crippen LogP) is 5.91. The lowest BCUT2D eigenvalue weighted by Crippen LogP contribution is -2.34. The van der Waals surface area contributed by atoms with Gasteiger partial charge in [0.1, 0.15) is 6.54 Å². The molecule has 1 N–H and O–H groups in total. The predicted molar refractivity (Wildman–Crippen MR) is 120 cm³/mol. The highest BCUT2D eigenvalue weighted by Crippen LogP contribution is 2.37. The fourth-order valence-electron chi connectivity index (χ4n) is 3.34. The van der Waals surface area contributed by atoms with Crippen LogP contribution < -0.4 is 5.32 Å². The summed E-state index contributed by atoms with van der Waals surface area (Å²) in [4.78, 5) is 12.5. The summed E-state index contributed by atoms with van der Waals surface area (Å²) in [6, 6.07) is 15.0. The van der Waals surface area contributed by atoms with E-state index < -0.39 is 0 Å². The molecule has 1 aliphatic heterocycles. The van der Waals surface area contributed by atoms with E-state index in [4.69, 9.17) is 28.3 Å². The van der Waals surface area contributed by atoms with Crippen LogP contribution >= 0.6 is 39.1 Å². The van der Waals surface area contributed by atoms with Crippen molar-refractivity contribution >= 4 is 56.4 Å². The smallest absolute Gasteiger partial charge is 0.245 e. The third-order valence-corrected chi connectivity index (χ3v) is 5.41. The molecular formula is C21H20BrCl2N3O. The minimum Gasteiger partial charge on any atom is -0.324 e. The lowest BCUT2D eigenvalue weighted by Gasteiger charge is -2.26. The molecule has 146 valence electrons. The summed E-state index contributed by atoms with van der Waals surface area (Å²) in [5.41, 5.74) is 2.24. The second kappa shape index (κ2) is 8.68. The Bertz CT molecular complexity index is 912. The van der Waals surface area contributed by atoms with Gasteiger partial charge in [-0.05, 0) is 48.4 Å². The van der Waals surface area contributed by atoms with E-state index >= 15 is 0 Å². The summed E-state index contributed by atoms with van der Waals surface area (Å²) < 4.78 is 0.958. The molecule has 1 amide bonds. The van der Waals surface area contributed by atoms with Gasteiger partial charge in [-0.3, -0.25) is 9.80 Å². The van der Waals surface area contributed by atoms with E-state index in [1.54, 1.807) is 5.01 Å². The molecule has 0 radical (unpaired) electrons. The molecular weight excluding hydrogens is 461 g/mol. The van der Waals surface area contributed by atoms with Crippen molar-refractivity contribution in [2.45, 2.75) is 13.3 Å². The van der Waals surface area contributed by atoms with Crippen molar-refractivity contribution in [3.8, 4) is 0 Å². The number of allylic oxidation sites excluding steroid dienone is 1. The van der Waals surface area contributed by atoms with E-state index in [2.05, 4.69) is 34.7 Å². The first-order valence-electron chi connectivity index (χ1n) is 8.74. The number of nitrogens with one attached hydrogen (secondary N) is 1. The van der Waals surface area contributed by atoms with Gasteiger partial charge in [0.15, 0.2) is 0 Å². The molecule has 2 aromatic carbocycles. The number of amides is 1. The Kier molecular flexibility index (Phi) is 6.48. The van der Waals surface area contributed by atoms with E-state index in [9.17, 15) is 4.79 Å². The molecule has 0 saturated carbocycles. The number of carbonyl (C=O) groups is 1. The van der Waals surface area contributed by atoms with Crippen LogP contribution in [0.25, 0.3) is 0 Å². The molecule has 0 saturated heterocycles. The van der Waals surface area contributed by atoms with Crippen molar-refractivity contribution in [1.29, 1.82) is 0 Å². The van der Waals surface area contributed by atoms with Crippen LogP contribution in [0.1, 0.15) is 18.9 Å². The van der Waals surface area contributed by atoms with Crippen molar-refractivity contribution in [3.63, 3.8) is 0 Å². The SMILES string of the molecule is C=C(Cl)CC1(C)CN(CC(=O)Nc2ccc(Br)cc2)N=C1c1ccc(Cl)cc1. The summed E-state index contributed by atoms with van der Waals surface area (Å²) in [7, 11) is 0. The lowest BCUT2D eigenvalue weighted by atomic mass is 9.79. The molecule has 0 spiro atoms. The minimum atomic E-state index is -0.343. The zero-order valence-electron chi connectivity index (χ0n) is 15.4. The van der Waals surface area contributed by atoms with Gasteiger partial charge in [0.2, 0.25) is 5.91 Å². The Hall–Kier alpha value is -1.82. The highest BCUT2D eigenvalue weighted by molar-refractivity contribution is 9.10. The summed E-state index contributed by atoms with van der Waals surface area (Å²) in [6.45, 7) is 6.65. The number of hydrogen-bond acceptors (Lipinski definition) is 3. The van der Waals surface area contributed by atoms with Gasteiger partial charge in [0, 0.05) is 32.2 Å². The van der Waals surface area contributed by atoms with Crippen LogP contribution in [0.4, 0.5) is 5.69 Å². The highest BCUT2D eigenvalue weighted by Gasteiger charge is 2.40. The molecule has 1 aliphatic rings. The second-order valence-corrected chi connectivity index (χ2v) is 8.97. The zero-order chi connectivity index (χ0) is 20.3. The molecule has 0 aliphatic carbocycles. The summed E-state index contributed by atoms with van der Waals surface area (Å²) in [5.74, 6) is -0.129. The van der Waals surface area contributed by atoms with Gasteiger partial charge in [0.25, 0.3) is 0 Å². The van der Waals surface area contributed by atoms with Crippen molar-refractivity contribution in [2.24, 2.45) is 10.5 Å². The average Bonchev–Trinajstić information content (AvgIpc) is 2.92. The number of hydrazone groups is 1. The van der Waals surface area contributed by atoms with Crippen LogP contribution in [0.5, 0.6) is 0 Å². The summed E-state index contributed by atoms with van der Waals surface area (Å²) >= 11 is 15.5. The maximum absolute atomic E-state index is 12.5. The third kappa shape index (κ3) is 5.16. The van der Waals surface area contributed by atoms with Crippen molar-refractivity contribution in [2.75, 3.05) is 18.4 Å². The van der Waals surface area contributed by atoms with E-state index in [-0.39, 0.29) is 17.9 Å². The van der Waals surface area contributed by atoms with Gasteiger partial charge < -0.3 is 5.32 Å².